The first-order chi connectivity index (χ1) is 13.6. The molecule has 3 aromatic rings. The predicted octanol–water partition coefficient (Wildman–Crippen LogP) is 1.93. The molecule has 1 aliphatic rings. The summed E-state index contributed by atoms with van der Waals surface area (Å²) in [5.41, 5.74) is 1.35. The maximum Gasteiger partial charge on any atom is 0.258 e. The van der Waals surface area contributed by atoms with E-state index in [1.54, 1.807) is 31.5 Å². The van der Waals surface area contributed by atoms with Gasteiger partial charge in [-0.1, -0.05) is 0 Å². The molecule has 8 heteroatoms. The maximum atomic E-state index is 14.8. The monoisotopic (exact) mass is 384 g/mol. The third-order valence-electron chi connectivity index (χ3n) is 4.86. The Morgan fingerprint density at radius 2 is 1.82 bits per heavy atom. The number of hydrogen-bond donors (Lipinski definition) is 1. The van der Waals surface area contributed by atoms with Crippen LogP contribution in [0.2, 0.25) is 0 Å². The van der Waals surface area contributed by atoms with Gasteiger partial charge in [-0.3, -0.25) is 9.20 Å². The van der Waals surface area contributed by atoms with E-state index >= 15 is 0 Å². The minimum Gasteiger partial charge on any atom is -0.493 e. The van der Waals surface area contributed by atoms with Gasteiger partial charge in [0.1, 0.15) is 0 Å². The largest absolute Gasteiger partial charge is 0.493 e. The first kappa shape index (κ1) is 18.2. The van der Waals surface area contributed by atoms with Crippen LogP contribution < -0.4 is 25.2 Å². The molecule has 1 aromatic carbocycles. The highest BCUT2D eigenvalue weighted by atomic mass is 19.1. The van der Waals surface area contributed by atoms with Crippen molar-refractivity contribution < 1.29 is 13.9 Å². The molecule has 4 rings (SSSR count). The fourth-order valence-electron chi connectivity index (χ4n) is 3.39. The third-order valence-corrected chi connectivity index (χ3v) is 4.86. The third kappa shape index (κ3) is 3.27. The quantitative estimate of drug-likeness (QED) is 0.741. The normalized spacial score (nSPS) is 14.3. The second-order valence-electron chi connectivity index (χ2n) is 6.53. The topological polar surface area (TPSA) is 68.1 Å². The molecule has 0 amide bonds. The van der Waals surface area contributed by atoms with Gasteiger partial charge in [0.25, 0.3) is 5.56 Å². The van der Waals surface area contributed by atoms with Crippen LogP contribution in [0.4, 0.5) is 10.1 Å². The molecule has 28 heavy (non-hydrogen) atoms. The number of ether oxygens (including phenoxy) is 2. The van der Waals surface area contributed by atoms with E-state index in [2.05, 4.69) is 10.3 Å². The van der Waals surface area contributed by atoms with Gasteiger partial charge in [-0.15, -0.1) is 0 Å². The first-order valence-electron chi connectivity index (χ1n) is 9.02. The lowest BCUT2D eigenvalue weighted by molar-refractivity contribution is 0.355. The van der Waals surface area contributed by atoms with Gasteiger partial charge in [-0.2, -0.15) is 0 Å². The van der Waals surface area contributed by atoms with Crippen molar-refractivity contribution in [2.45, 2.75) is 0 Å². The van der Waals surface area contributed by atoms with E-state index in [-0.39, 0.29) is 11.2 Å². The average Bonchev–Trinajstić information content (AvgIpc) is 2.74. The number of piperazine rings is 1. The summed E-state index contributed by atoms with van der Waals surface area (Å²) in [5, 5.41) is 3.26. The number of halogens is 1. The van der Waals surface area contributed by atoms with E-state index in [1.807, 2.05) is 4.90 Å². The number of methoxy groups -OCH3 is 2. The predicted molar refractivity (Wildman–Crippen MR) is 105 cm³/mol. The van der Waals surface area contributed by atoms with Crippen LogP contribution in [0.5, 0.6) is 11.5 Å². The molecular weight excluding hydrogens is 363 g/mol. The van der Waals surface area contributed by atoms with Crippen LogP contribution >= 0.6 is 0 Å². The smallest absolute Gasteiger partial charge is 0.258 e. The van der Waals surface area contributed by atoms with Gasteiger partial charge in [0.15, 0.2) is 23.0 Å². The summed E-state index contributed by atoms with van der Waals surface area (Å²) in [6.45, 7) is 3.17. The molecule has 2 aromatic heterocycles. The van der Waals surface area contributed by atoms with Gasteiger partial charge in [-0.05, 0) is 18.2 Å². The van der Waals surface area contributed by atoms with E-state index in [4.69, 9.17) is 9.47 Å². The van der Waals surface area contributed by atoms with Gasteiger partial charge in [0.2, 0.25) is 0 Å². The fourth-order valence-corrected chi connectivity index (χ4v) is 3.39. The molecule has 1 fully saturated rings. The summed E-state index contributed by atoms with van der Waals surface area (Å²) in [7, 11) is 3.07. The van der Waals surface area contributed by atoms with Gasteiger partial charge < -0.3 is 19.7 Å². The fraction of sp³-hybridized carbons (Fsp3) is 0.300. The van der Waals surface area contributed by atoms with Gasteiger partial charge in [-0.25, -0.2) is 9.37 Å². The molecule has 0 atom stereocenters. The van der Waals surface area contributed by atoms with Crippen LogP contribution in [0.1, 0.15) is 0 Å². The Kier molecular flexibility index (Phi) is 4.87. The van der Waals surface area contributed by atoms with Crippen molar-refractivity contribution in [3.8, 4) is 22.8 Å². The molecule has 0 spiro atoms. The summed E-state index contributed by atoms with van der Waals surface area (Å²) < 4.78 is 26.6. The van der Waals surface area contributed by atoms with E-state index in [1.165, 1.54) is 23.6 Å². The van der Waals surface area contributed by atoms with Crippen LogP contribution in [0.3, 0.4) is 0 Å². The zero-order chi connectivity index (χ0) is 19.7. The number of pyridine rings is 1. The number of nitrogens with zero attached hydrogens (tertiary/aromatic N) is 3. The molecular formula is C20H21FN4O3. The van der Waals surface area contributed by atoms with Crippen molar-refractivity contribution in [3.63, 3.8) is 0 Å². The van der Waals surface area contributed by atoms with Crippen molar-refractivity contribution in [2.75, 3.05) is 45.3 Å². The Morgan fingerprint density at radius 3 is 2.54 bits per heavy atom. The van der Waals surface area contributed by atoms with Crippen molar-refractivity contribution >= 4 is 11.3 Å². The molecule has 0 unspecified atom stereocenters. The van der Waals surface area contributed by atoms with Crippen LogP contribution in [0, 0.1) is 5.82 Å². The van der Waals surface area contributed by atoms with Crippen molar-refractivity contribution in [1.29, 1.82) is 0 Å². The lowest BCUT2D eigenvalue weighted by Crippen LogP contribution is -2.43. The second-order valence-corrected chi connectivity index (χ2v) is 6.53. The standard InChI is InChI=1S/C20H21FN4O3/c1-27-17-4-3-13(9-18(17)28-2)16-11-19(26)25-12-14(10-15(21)20(25)23-16)24-7-5-22-6-8-24/h3-4,9-12,22H,5-8H2,1-2H3. The molecule has 146 valence electrons. The number of hydrogen-bond acceptors (Lipinski definition) is 6. The molecule has 7 nitrogen and oxygen atoms in total. The summed E-state index contributed by atoms with van der Waals surface area (Å²) >= 11 is 0. The highest BCUT2D eigenvalue weighted by Gasteiger charge is 2.16. The van der Waals surface area contributed by atoms with Crippen LogP contribution in [0.25, 0.3) is 16.9 Å². The first-order valence-corrected chi connectivity index (χ1v) is 9.02. The zero-order valence-electron chi connectivity index (χ0n) is 15.7. The number of fused-ring (bicyclic) bond motifs is 1. The van der Waals surface area contributed by atoms with Crippen molar-refractivity contribution in [2.24, 2.45) is 0 Å². The second kappa shape index (κ2) is 7.47. The van der Waals surface area contributed by atoms with Gasteiger partial charge in [0.05, 0.1) is 25.6 Å². The SMILES string of the molecule is COc1ccc(-c2cc(=O)n3cc(N4CCNCC4)cc(F)c3n2)cc1OC. The maximum absolute atomic E-state index is 14.8. The lowest BCUT2D eigenvalue weighted by Gasteiger charge is -2.29. The minimum absolute atomic E-state index is 0.00355. The molecule has 1 N–H and O–H groups in total. The van der Waals surface area contributed by atoms with Crippen LogP contribution in [0.15, 0.2) is 41.3 Å². The highest BCUT2D eigenvalue weighted by molar-refractivity contribution is 5.66. The summed E-state index contributed by atoms with van der Waals surface area (Å²) in [5.74, 6) is 0.544. The average molecular weight is 384 g/mol. The highest BCUT2D eigenvalue weighted by Crippen LogP contribution is 2.31. The van der Waals surface area contributed by atoms with Gasteiger partial charge >= 0.3 is 0 Å². The van der Waals surface area contributed by atoms with E-state index in [0.717, 1.165) is 26.2 Å². The number of aromatic nitrogens is 2. The molecule has 0 radical (unpaired) electrons. The Morgan fingerprint density at radius 1 is 1.07 bits per heavy atom. The number of nitrogens with one attached hydrogen (secondary N) is 1. The van der Waals surface area contributed by atoms with E-state index < -0.39 is 5.82 Å². The van der Waals surface area contributed by atoms with Gasteiger partial charge in [0, 0.05) is 50.1 Å². The summed E-state index contributed by atoms with van der Waals surface area (Å²) in [6.07, 6.45) is 1.65. The molecule has 0 aliphatic carbocycles. The Labute approximate surface area is 161 Å². The molecule has 0 saturated carbocycles. The number of benzene rings is 1. The number of anilines is 1. The van der Waals surface area contributed by atoms with E-state index in [0.29, 0.717) is 28.4 Å². The Bertz CT molecular complexity index is 1080. The molecule has 0 bridgehead atoms. The Hall–Kier alpha value is -3.13. The minimum atomic E-state index is -0.532. The summed E-state index contributed by atoms with van der Waals surface area (Å²) in [6, 6.07) is 8.03. The number of rotatable bonds is 4. The van der Waals surface area contributed by atoms with Crippen molar-refractivity contribution in [3.05, 3.63) is 52.7 Å². The Balaban J connectivity index is 1.80. The lowest BCUT2D eigenvalue weighted by atomic mass is 10.1. The molecule has 3 heterocycles. The van der Waals surface area contributed by atoms with Crippen molar-refractivity contribution in [1.82, 2.24) is 14.7 Å². The molecule has 1 aliphatic heterocycles. The van der Waals surface area contributed by atoms with E-state index in [9.17, 15) is 9.18 Å². The van der Waals surface area contributed by atoms with Crippen LogP contribution in [-0.4, -0.2) is 49.8 Å². The summed E-state index contributed by atoms with van der Waals surface area (Å²) in [4.78, 5) is 19.1. The van der Waals surface area contributed by atoms with Crippen LogP contribution in [-0.2, 0) is 0 Å². The zero-order valence-corrected chi connectivity index (χ0v) is 15.7. The molecule has 1 saturated heterocycles.